The number of rotatable bonds is 6. The summed E-state index contributed by atoms with van der Waals surface area (Å²) >= 11 is 0. The lowest BCUT2D eigenvalue weighted by Crippen LogP contribution is -2.50. The summed E-state index contributed by atoms with van der Waals surface area (Å²) in [5, 5.41) is 3.04. The Hall–Kier alpha value is -2.37. The second-order valence-electron chi connectivity index (χ2n) is 7.61. The van der Waals surface area contributed by atoms with Crippen LogP contribution in [-0.2, 0) is 4.79 Å². The number of nitrogens with one attached hydrogen (secondary N) is 1. The molecule has 1 aliphatic rings. The first-order chi connectivity index (χ1) is 13.6. The quantitative estimate of drug-likeness (QED) is 0.757. The Labute approximate surface area is 179 Å². The van der Waals surface area contributed by atoms with E-state index in [9.17, 15) is 9.59 Å². The number of hydrogen-bond donors (Lipinski definition) is 2. The molecule has 0 aromatic heterocycles. The average Bonchev–Trinajstić information content (AvgIpc) is 2.74. The monoisotopic (exact) mass is 415 g/mol. The van der Waals surface area contributed by atoms with Crippen molar-refractivity contribution in [1.82, 2.24) is 10.2 Å². The highest BCUT2D eigenvalue weighted by molar-refractivity contribution is 5.94. The maximum atomic E-state index is 13.1. The van der Waals surface area contributed by atoms with Crippen molar-refractivity contribution in [2.75, 3.05) is 13.1 Å². The van der Waals surface area contributed by atoms with Gasteiger partial charge in [-0.25, -0.2) is 0 Å². The topological polar surface area (TPSA) is 75.4 Å². The number of amides is 2. The normalized spacial score (nSPS) is 19.7. The molecule has 29 heavy (non-hydrogen) atoms. The summed E-state index contributed by atoms with van der Waals surface area (Å²) in [7, 11) is 0. The first-order valence-corrected chi connectivity index (χ1v) is 9.99. The zero-order chi connectivity index (χ0) is 19.9. The number of nitrogens with zero attached hydrogens (tertiary/aromatic N) is 1. The van der Waals surface area contributed by atoms with Crippen LogP contribution < -0.4 is 11.1 Å². The van der Waals surface area contributed by atoms with E-state index in [0.29, 0.717) is 18.0 Å². The minimum Gasteiger partial charge on any atom is -0.345 e. The molecular weight excluding hydrogens is 386 g/mol. The summed E-state index contributed by atoms with van der Waals surface area (Å²) in [5.74, 6) is 0.453. The molecule has 3 unspecified atom stereocenters. The van der Waals surface area contributed by atoms with E-state index in [1.807, 2.05) is 53.4 Å². The van der Waals surface area contributed by atoms with Gasteiger partial charge in [-0.3, -0.25) is 9.59 Å². The van der Waals surface area contributed by atoms with Crippen LogP contribution in [0.25, 0.3) is 0 Å². The van der Waals surface area contributed by atoms with Crippen molar-refractivity contribution in [3.8, 4) is 0 Å². The summed E-state index contributed by atoms with van der Waals surface area (Å²) in [6, 6.07) is 18.5. The van der Waals surface area contributed by atoms with Gasteiger partial charge in [0.05, 0.1) is 12.5 Å². The molecule has 0 radical (unpaired) electrons. The van der Waals surface area contributed by atoms with Crippen LogP contribution in [0, 0.1) is 5.92 Å². The molecule has 0 saturated carbocycles. The number of carbonyl (C=O) groups excluding carboxylic acids is 2. The van der Waals surface area contributed by atoms with E-state index in [0.717, 1.165) is 24.9 Å². The van der Waals surface area contributed by atoms with Gasteiger partial charge in [-0.15, -0.1) is 12.4 Å². The predicted octanol–water partition coefficient (Wildman–Crippen LogP) is 3.56. The van der Waals surface area contributed by atoms with Gasteiger partial charge in [0.15, 0.2) is 0 Å². The fraction of sp³-hybridized carbons (Fsp3) is 0.391. The van der Waals surface area contributed by atoms with Gasteiger partial charge in [-0.05, 0) is 36.5 Å². The van der Waals surface area contributed by atoms with E-state index in [2.05, 4.69) is 12.2 Å². The van der Waals surface area contributed by atoms with Crippen LogP contribution in [0.2, 0.25) is 0 Å². The predicted molar refractivity (Wildman–Crippen MR) is 118 cm³/mol. The summed E-state index contributed by atoms with van der Waals surface area (Å²) in [6.45, 7) is 3.41. The standard InChI is InChI=1S/C23H29N3O2.ClH/c1-17-12-13-26(20(14-17)16-24)22(27)15-21(18-8-4-2-5-9-18)25-23(28)19-10-6-3-7-11-19;/h2-11,17,20-21H,12-16,24H2,1H3,(H,25,28);1H. The van der Waals surface area contributed by atoms with E-state index >= 15 is 0 Å². The van der Waals surface area contributed by atoms with Crippen LogP contribution in [0.5, 0.6) is 0 Å². The van der Waals surface area contributed by atoms with Crippen molar-refractivity contribution in [2.24, 2.45) is 11.7 Å². The molecule has 2 aromatic carbocycles. The number of piperidine rings is 1. The van der Waals surface area contributed by atoms with Crippen LogP contribution in [0.3, 0.4) is 0 Å². The number of benzene rings is 2. The zero-order valence-electron chi connectivity index (χ0n) is 16.8. The van der Waals surface area contributed by atoms with Gasteiger partial charge in [0, 0.05) is 24.7 Å². The number of hydrogen-bond acceptors (Lipinski definition) is 3. The Morgan fingerprint density at radius 1 is 1.10 bits per heavy atom. The van der Waals surface area contributed by atoms with Gasteiger partial charge in [0.1, 0.15) is 0 Å². The van der Waals surface area contributed by atoms with Gasteiger partial charge in [-0.2, -0.15) is 0 Å². The molecule has 3 atom stereocenters. The Morgan fingerprint density at radius 3 is 2.34 bits per heavy atom. The van der Waals surface area contributed by atoms with Crippen molar-refractivity contribution in [3.63, 3.8) is 0 Å². The molecule has 1 heterocycles. The first kappa shape index (κ1) is 22.9. The molecule has 3 N–H and O–H groups in total. The second kappa shape index (κ2) is 11.0. The van der Waals surface area contributed by atoms with Crippen molar-refractivity contribution >= 4 is 24.2 Å². The molecule has 1 fully saturated rings. The van der Waals surface area contributed by atoms with Gasteiger partial charge < -0.3 is 16.0 Å². The highest BCUT2D eigenvalue weighted by atomic mass is 35.5. The summed E-state index contributed by atoms with van der Waals surface area (Å²) in [5.41, 5.74) is 7.44. The molecule has 0 aliphatic carbocycles. The van der Waals surface area contributed by atoms with Crippen LogP contribution in [0.4, 0.5) is 0 Å². The van der Waals surface area contributed by atoms with E-state index in [-0.39, 0.29) is 42.7 Å². The Balaban J connectivity index is 0.00000300. The van der Waals surface area contributed by atoms with Crippen molar-refractivity contribution < 1.29 is 9.59 Å². The molecule has 156 valence electrons. The highest BCUT2D eigenvalue weighted by Crippen LogP contribution is 2.25. The first-order valence-electron chi connectivity index (χ1n) is 9.99. The number of nitrogens with two attached hydrogens (primary N) is 1. The van der Waals surface area contributed by atoms with Crippen molar-refractivity contribution in [3.05, 3.63) is 71.8 Å². The third-order valence-electron chi connectivity index (χ3n) is 5.49. The number of carbonyl (C=O) groups is 2. The van der Waals surface area contributed by atoms with Gasteiger partial charge in [0.25, 0.3) is 5.91 Å². The van der Waals surface area contributed by atoms with Crippen LogP contribution in [-0.4, -0.2) is 35.8 Å². The molecule has 2 amide bonds. The average molecular weight is 416 g/mol. The third kappa shape index (κ3) is 6.05. The minimum atomic E-state index is -0.376. The van der Waals surface area contributed by atoms with Gasteiger partial charge >= 0.3 is 0 Å². The Kier molecular flexibility index (Phi) is 8.68. The lowest BCUT2D eigenvalue weighted by atomic mass is 9.91. The minimum absolute atomic E-state index is 0. The SMILES string of the molecule is CC1CCN(C(=O)CC(NC(=O)c2ccccc2)c2ccccc2)C(CN)C1.Cl. The molecule has 1 saturated heterocycles. The molecule has 5 nitrogen and oxygen atoms in total. The maximum Gasteiger partial charge on any atom is 0.251 e. The van der Waals surface area contributed by atoms with Crippen molar-refractivity contribution in [1.29, 1.82) is 0 Å². The second-order valence-corrected chi connectivity index (χ2v) is 7.61. The fourth-order valence-electron chi connectivity index (χ4n) is 3.86. The largest absolute Gasteiger partial charge is 0.345 e. The summed E-state index contributed by atoms with van der Waals surface area (Å²) in [6.07, 6.45) is 2.16. The summed E-state index contributed by atoms with van der Waals surface area (Å²) in [4.78, 5) is 27.7. The van der Waals surface area contributed by atoms with Gasteiger partial charge in [0.2, 0.25) is 5.91 Å². The zero-order valence-corrected chi connectivity index (χ0v) is 17.6. The third-order valence-corrected chi connectivity index (χ3v) is 5.49. The fourth-order valence-corrected chi connectivity index (χ4v) is 3.86. The molecule has 3 rings (SSSR count). The smallest absolute Gasteiger partial charge is 0.251 e. The van der Waals surface area contributed by atoms with E-state index in [4.69, 9.17) is 5.73 Å². The highest BCUT2D eigenvalue weighted by Gasteiger charge is 2.30. The lowest BCUT2D eigenvalue weighted by Gasteiger charge is -2.38. The molecule has 2 aromatic rings. The molecular formula is C23H30ClN3O2. The maximum absolute atomic E-state index is 13.1. The molecule has 0 spiro atoms. The Morgan fingerprint density at radius 2 is 1.72 bits per heavy atom. The van der Waals surface area contributed by atoms with E-state index in [1.165, 1.54) is 0 Å². The van der Waals surface area contributed by atoms with Gasteiger partial charge in [-0.1, -0.05) is 55.5 Å². The number of likely N-dealkylation sites (tertiary alicyclic amines) is 1. The van der Waals surface area contributed by atoms with Crippen LogP contribution >= 0.6 is 12.4 Å². The van der Waals surface area contributed by atoms with E-state index in [1.54, 1.807) is 12.1 Å². The number of halogens is 1. The molecule has 6 heteroatoms. The molecule has 1 aliphatic heterocycles. The van der Waals surface area contributed by atoms with Crippen molar-refractivity contribution in [2.45, 2.75) is 38.3 Å². The van der Waals surface area contributed by atoms with Crippen LogP contribution in [0.1, 0.15) is 48.1 Å². The summed E-state index contributed by atoms with van der Waals surface area (Å²) < 4.78 is 0. The van der Waals surface area contributed by atoms with E-state index < -0.39 is 0 Å². The Bertz CT molecular complexity index is 785. The lowest BCUT2D eigenvalue weighted by molar-refractivity contribution is -0.135. The van der Waals surface area contributed by atoms with Crippen LogP contribution in [0.15, 0.2) is 60.7 Å². The molecule has 0 bridgehead atoms.